The van der Waals surface area contributed by atoms with Gasteiger partial charge in [0.2, 0.25) is 5.28 Å². The van der Waals surface area contributed by atoms with Crippen LogP contribution < -0.4 is 0 Å². The largest absolute Gasteiger partial charge is 0.316 e. The molecule has 2 rings (SSSR count). The minimum Gasteiger partial charge on any atom is -0.258 e. The summed E-state index contributed by atoms with van der Waals surface area (Å²) in [6, 6.07) is 7.48. The molecule has 0 saturated carbocycles. The van der Waals surface area contributed by atoms with E-state index in [4.69, 9.17) is 11.6 Å². The van der Waals surface area contributed by atoms with Crippen molar-refractivity contribution in [1.29, 1.82) is 0 Å². The lowest BCUT2D eigenvalue weighted by Gasteiger charge is -2.06. The molecule has 2 aromatic rings. The van der Waals surface area contributed by atoms with Crippen LogP contribution in [0.5, 0.6) is 0 Å². The fraction of sp³-hybridized carbons (Fsp3) is 0.231. The van der Waals surface area contributed by atoms with Gasteiger partial charge in [0, 0.05) is 5.56 Å². The number of aromatic nitrogens is 2. The molecule has 0 aliphatic carbocycles. The predicted molar refractivity (Wildman–Crippen MR) is 73.2 cm³/mol. The molecule has 0 saturated heterocycles. The highest BCUT2D eigenvalue weighted by atomic mass is 35.5. The van der Waals surface area contributed by atoms with Gasteiger partial charge in [-0.3, -0.25) is 10.1 Å². The van der Waals surface area contributed by atoms with Crippen LogP contribution in [0.2, 0.25) is 5.28 Å². The first kappa shape index (κ1) is 13.4. The van der Waals surface area contributed by atoms with Crippen molar-refractivity contribution in [3.63, 3.8) is 0 Å². The summed E-state index contributed by atoms with van der Waals surface area (Å²) in [5, 5.41) is 11.2. The average Bonchev–Trinajstić information content (AvgIpc) is 2.37. The van der Waals surface area contributed by atoms with Crippen molar-refractivity contribution in [2.24, 2.45) is 0 Å². The molecular formula is C13H12ClN3O2. The van der Waals surface area contributed by atoms with Crippen LogP contribution in [0, 0.1) is 17.0 Å². The maximum atomic E-state index is 11.2. The van der Waals surface area contributed by atoms with E-state index in [2.05, 4.69) is 9.97 Å². The van der Waals surface area contributed by atoms with Gasteiger partial charge in [-0.05, 0) is 36.6 Å². The van der Waals surface area contributed by atoms with Crippen molar-refractivity contribution >= 4 is 17.3 Å². The summed E-state index contributed by atoms with van der Waals surface area (Å²) in [4.78, 5) is 18.5. The molecule has 0 fully saturated rings. The smallest absolute Gasteiger partial charge is 0.258 e. The first-order valence-corrected chi connectivity index (χ1v) is 6.18. The Morgan fingerprint density at radius 3 is 2.74 bits per heavy atom. The third-order valence-corrected chi connectivity index (χ3v) is 2.99. The molecule has 0 N–H and O–H groups in total. The number of nitrogens with zero attached hydrogens (tertiary/aromatic N) is 3. The minimum atomic E-state index is -0.473. The van der Waals surface area contributed by atoms with Crippen molar-refractivity contribution in [1.82, 2.24) is 9.97 Å². The zero-order valence-electron chi connectivity index (χ0n) is 10.6. The molecule has 6 heteroatoms. The molecule has 1 aromatic heterocycles. The van der Waals surface area contributed by atoms with E-state index in [9.17, 15) is 10.1 Å². The van der Waals surface area contributed by atoms with Crippen LogP contribution in [-0.4, -0.2) is 14.9 Å². The molecule has 0 spiro atoms. The number of nitro groups is 1. The Bertz CT molecular complexity index is 644. The predicted octanol–water partition coefficient (Wildman–Crippen LogP) is 3.58. The Morgan fingerprint density at radius 1 is 1.37 bits per heavy atom. The van der Waals surface area contributed by atoms with Crippen LogP contribution >= 0.6 is 11.6 Å². The number of hydrogen-bond donors (Lipinski definition) is 0. The van der Waals surface area contributed by atoms with Crippen LogP contribution in [0.1, 0.15) is 18.2 Å². The third-order valence-electron chi connectivity index (χ3n) is 2.82. The van der Waals surface area contributed by atoms with Crippen LogP contribution in [0.25, 0.3) is 11.3 Å². The number of rotatable bonds is 3. The summed E-state index contributed by atoms with van der Waals surface area (Å²) in [6.45, 7) is 3.57. The van der Waals surface area contributed by atoms with Crippen LogP contribution in [-0.2, 0) is 6.42 Å². The van der Waals surface area contributed by atoms with Gasteiger partial charge in [-0.2, -0.15) is 0 Å². The SMILES string of the molecule is CCc1cccc(-c2nc(Cl)nc(C)c2[N+](=O)[O-])c1. The highest BCUT2D eigenvalue weighted by Gasteiger charge is 2.22. The van der Waals surface area contributed by atoms with Gasteiger partial charge in [0.15, 0.2) is 5.69 Å². The molecule has 1 heterocycles. The van der Waals surface area contributed by atoms with Gasteiger partial charge in [-0.15, -0.1) is 0 Å². The van der Waals surface area contributed by atoms with E-state index in [1.54, 1.807) is 13.0 Å². The highest BCUT2D eigenvalue weighted by Crippen LogP contribution is 2.31. The Kier molecular flexibility index (Phi) is 3.76. The molecule has 0 atom stereocenters. The highest BCUT2D eigenvalue weighted by molar-refractivity contribution is 6.28. The van der Waals surface area contributed by atoms with E-state index in [1.165, 1.54) is 0 Å². The average molecular weight is 278 g/mol. The molecular weight excluding hydrogens is 266 g/mol. The Morgan fingerprint density at radius 2 is 2.11 bits per heavy atom. The first-order chi connectivity index (χ1) is 9.02. The van der Waals surface area contributed by atoms with Gasteiger partial charge in [0.1, 0.15) is 5.69 Å². The van der Waals surface area contributed by atoms with Gasteiger partial charge < -0.3 is 0 Å². The lowest BCUT2D eigenvalue weighted by molar-refractivity contribution is -0.385. The van der Waals surface area contributed by atoms with Gasteiger partial charge in [0.25, 0.3) is 0 Å². The molecule has 0 aliphatic rings. The molecule has 5 nitrogen and oxygen atoms in total. The van der Waals surface area contributed by atoms with Crippen LogP contribution in [0.15, 0.2) is 24.3 Å². The normalized spacial score (nSPS) is 10.5. The second kappa shape index (κ2) is 5.32. The zero-order valence-corrected chi connectivity index (χ0v) is 11.3. The zero-order chi connectivity index (χ0) is 14.0. The van der Waals surface area contributed by atoms with E-state index >= 15 is 0 Å². The summed E-state index contributed by atoms with van der Waals surface area (Å²) < 4.78 is 0. The standard InChI is InChI=1S/C13H12ClN3O2/c1-3-9-5-4-6-10(7-9)11-12(17(18)19)8(2)15-13(14)16-11/h4-7H,3H2,1-2H3. The van der Waals surface area contributed by atoms with Gasteiger partial charge in [0.05, 0.1) is 4.92 Å². The van der Waals surface area contributed by atoms with Gasteiger partial charge in [-0.25, -0.2) is 9.97 Å². The summed E-state index contributed by atoms with van der Waals surface area (Å²) in [6.07, 6.45) is 0.847. The number of hydrogen-bond acceptors (Lipinski definition) is 4. The number of aryl methyl sites for hydroxylation is 2. The molecule has 19 heavy (non-hydrogen) atoms. The Hall–Kier alpha value is -2.01. The second-order valence-corrected chi connectivity index (χ2v) is 4.42. The van der Waals surface area contributed by atoms with Crippen molar-refractivity contribution in [3.05, 3.63) is 50.9 Å². The number of benzene rings is 1. The topological polar surface area (TPSA) is 68.9 Å². The van der Waals surface area contributed by atoms with Crippen molar-refractivity contribution in [2.45, 2.75) is 20.3 Å². The van der Waals surface area contributed by atoms with Gasteiger partial charge in [-0.1, -0.05) is 25.1 Å². The van der Waals surface area contributed by atoms with Crippen LogP contribution in [0.3, 0.4) is 0 Å². The minimum absolute atomic E-state index is 0.0139. The summed E-state index contributed by atoms with van der Waals surface area (Å²) >= 11 is 5.81. The molecule has 1 aromatic carbocycles. The van der Waals surface area contributed by atoms with E-state index in [1.807, 2.05) is 25.1 Å². The second-order valence-electron chi connectivity index (χ2n) is 4.09. The molecule has 0 bridgehead atoms. The van der Waals surface area contributed by atoms with Crippen molar-refractivity contribution < 1.29 is 4.92 Å². The lowest BCUT2D eigenvalue weighted by atomic mass is 10.0. The molecule has 0 amide bonds. The number of halogens is 1. The lowest BCUT2D eigenvalue weighted by Crippen LogP contribution is -2.01. The van der Waals surface area contributed by atoms with E-state index < -0.39 is 4.92 Å². The van der Waals surface area contributed by atoms with Crippen molar-refractivity contribution in [2.75, 3.05) is 0 Å². The molecule has 0 aliphatic heterocycles. The molecule has 98 valence electrons. The van der Waals surface area contributed by atoms with Crippen LogP contribution in [0.4, 0.5) is 5.69 Å². The summed E-state index contributed by atoms with van der Waals surface area (Å²) in [5.41, 5.74) is 2.19. The molecule has 0 radical (unpaired) electrons. The molecule has 0 unspecified atom stereocenters. The maximum Gasteiger partial charge on any atom is 0.316 e. The van der Waals surface area contributed by atoms with Gasteiger partial charge >= 0.3 is 5.69 Å². The third kappa shape index (κ3) is 2.71. The monoisotopic (exact) mass is 277 g/mol. The van der Waals surface area contributed by atoms with E-state index in [-0.39, 0.29) is 22.4 Å². The van der Waals surface area contributed by atoms with Crippen molar-refractivity contribution in [3.8, 4) is 11.3 Å². The first-order valence-electron chi connectivity index (χ1n) is 5.80. The summed E-state index contributed by atoms with van der Waals surface area (Å²) in [7, 11) is 0. The van der Waals surface area contributed by atoms with E-state index in [0.717, 1.165) is 12.0 Å². The summed E-state index contributed by atoms with van der Waals surface area (Å²) in [5.74, 6) is 0. The Labute approximate surface area is 115 Å². The quantitative estimate of drug-likeness (QED) is 0.488. The Balaban J connectivity index is 2.69. The van der Waals surface area contributed by atoms with E-state index in [0.29, 0.717) is 5.56 Å². The fourth-order valence-electron chi connectivity index (χ4n) is 1.89. The fourth-order valence-corrected chi connectivity index (χ4v) is 2.10. The maximum absolute atomic E-state index is 11.2.